The van der Waals surface area contributed by atoms with Crippen LogP contribution in [0.25, 0.3) is 0 Å². The molecular weight excluding hydrogens is 436 g/mol. The lowest BCUT2D eigenvalue weighted by atomic mass is 9.75. The smallest absolute Gasteiger partial charge is 0.302 e. The minimum atomic E-state index is -4.90. The summed E-state index contributed by atoms with van der Waals surface area (Å²) in [4.78, 5) is 19.6. The molecule has 0 aromatic heterocycles. The Morgan fingerprint density at radius 1 is 0.696 bits per heavy atom. The lowest BCUT2D eigenvalue weighted by Crippen LogP contribution is -2.57. The van der Waals surface area contributed by atoms with Crippen LogP contribution >= 0.6 is 62.0 Å². The van der Waals surface area contributed by atoms with E-state index in [2.05, 4.69) is 4.31 Å². The van der Waals surface area contributed by atoms with Crippen LogP contribution in [0.3, 0.4) is 0 Å². The van der Waals surface area contributed by atoms with Crippen molar-refractivity contribution < 1.29 is 32.3 Å². The first kappa shape index (κ1) is 22.5. The van der Waals surface area contributed by atoms with Gasteiger partial charge in [0.05, 0.1) is 0 Å². The highest BCUT2D eigenvalue weighted by molar-refractivity contribution is 7.61. The molecule has 0 amide bonds. The van der Waals surface area contributed by atoms with Gasteiger partial charge in [0.25, 0.3) is 0 Å². The summed E-state index contributed by atoms with van der Waals surface area (Å²) in [5.74, 6) is 0.0647. The van der Waals surface area contributed by atoms with E-state index in [1.54, 1.807) is 0 Å². The largest absolute Gasteiger partial charge is 0.481 e. The molecule has 1 fully saturated rings. The van der Waals surface area contributed by atoms with Crippen molar-refractivity contribution >= 4 is 62.0 Å². The monoisotopic (exact) mass is 452 g/mol. The van der Waals surface area contributed by atoms with E-state index < -0.39 is 26.8 Å². The summed E-state index contributed by atoms with van der Waals surface area (Å²) < 4.78 is 39.0. The summed E-state index contributed by atoms with van der Waals surface area (Å²) in [5.41, 5.74) is -3.11. The van der Waals surface area contributed by atoms with Crippen LogP contribution in [0.4, 0.5) is 0 Å². The normalized spacial score (nSPS) is 33.3. The Kier molecular flexibility index (Phi) is 8.67. The molecule has 2 N–H and O–H groups in total. The van der Waals surface area contributed by atoms with E-state index in [4.69, 9.17) is 55.5 Å². The van der Waals surface area contributed by atoms with E-state index in [0.29, 0.717) is 0 Å². The number of phosphoric ester groups is 2. The summed E-state index contributed by atoms with van der Waals surface area (Å²) >= 11 is 23.3. The van der Waals surface area contributed by atoms with E-state index in [1.807, 2.05) is 0 Å². The van der Waals surface area contributed by atoms with E-state index in [-0.39, 0.29) is 49.2 Å². The lowest BCUT2D eigenvalue weighted by molar-refractivity contribution is -0.126. The number of hydrogen-bond donors (Lipinski definition) is 2. The number of rotatable bonds is 8. The zero-order valence-electron chi connectivity index (χ0n) is 12.0. The quantitative estimate of drug-likeness (QED) is 0.418. The van der Waals surface area contributed by atoms with Gasteiger partial charge in [-0.25, -0.2) is 9.13 Å². The first-order chi connectivity index (χ1) is 10.6. The van der Waals surface area contributed by atoms with E-state index in [0.717, 1.165) is 0 Å². The van der Waals surface area contributed by atoms with Crippen LogP contribution < -0.4 is 0 Å². The zero-order valence-corrected chi connectivity index (χ0v) is 16.8. The first-order valence-electron chi connectivity index (χ1n) is 6.64. The molecule has 1 aliphatic heterocycles. The van der Waals surface area contributed by atoms with Crippen molar-refractivity contribution in [2.45, 2.75) is 36.9 Å². The Bertz CT molecular complexity index is 438. The van der Waals surface area contributed by atoms with Crippen LogP contribution in [0.1, 0.15) is 25.7 Å². The van der Waals surface area contributed by atoms with Crippen LogP contribution in [0, 0.1) is 0 Å². The fourth-order valence-corrected chi connectivity index (χ4v) is 6.84. The molecule has 1 saturated heterocycles. The molecule has 7 nitrogen and oxygen atoms in total. The Morgan fingerprint density at radius 2 is 0.957 bits per heavy atom. The van der Waals surface area contributed by atoms with Crippen LogP contribution in [0.2, 0.25) is 0 Å². The van der Waals surface area contributed by atoms with E-state index in [1.165, 1.54) is 0 Å². The highest BCUT2D eigenvalue weighted by Gasteiger charge is 2.62. The second-order valence-electron chi connectivity index (χ2n) is 4.95. The van der Waals surface area contributed by atoms with Crippen molar-refractivity contribution in [3.8, 4) is 0 Å². The third-order valence-electron chi connectivity index (χ3n) is 3.61. The summed E-state index contributed by atoms with van der Waals surface area (Å²) in [6.07, 6.45) is 0.0673. The Balaban J connectivity index is 3.56. The summed E-state index contributed by atoms with van der Waals surface area (Å²) in [5, 5.41) is 0. The molecule has 0 saturated carbocycles. The molecule has 13 heteroatoms. The van der Waals surface area contributed by atoms with Gasteiger partial charge in [-0.15, -0.1) is 46.4 Å². The van der Waals surface area contributed by atoms with Gasteiger partial charge < -0.3 is 9.79 Å². The molecular formula is C10H18Cl4O7P2. The lowest BCUT2D eigenvalue weighted by Gasteiger charge is -2.47. The average molecular weight is 454 g/mol. The van der Waals surface area contributed by atoms with Gasteiger partial charge in [0.15, 0.2) is 0 Å². The van der Waals surface area contributed by atoms with Crippen LogP contribution in [0.5, 0.6) is 0 Å². The average Bonchev–Trinajstić information content (AvgIpc) is 2.42. The molecule has 0 aliphatic carbocycles. The second kappa shape index (κ2) is 8.88. The van der Waals surface area contributed by atoms with Crippen molar-refractivity contribution in [2.24, 2.45) is 0 Å². The molecule has 2 unspecified atom stereocenters. The van der Waals surface area contributed by atoms with Crippen molar-refractivity contribution in [1.29, 1.82) is 0 Å². The van der Waals surface area contributed by atoms with Crippen LogP contribution in [-0.4, -0.2) is 44.5 Å². The predicted octanol–water partition coefficient (Wildman–Crippen LogP) is 4.24. The van der Waals surface area contributed by atoms with Gasteiger partial charge in [-0.3, -0.25) is 9.05 Å². The van der Waals surface area contributed by atoms with Crippen LogP contribution in [-0.2, 0) is 22.5 Å². The van der Waals surface area contributed by atoms with Gasteiger partial charge in [-0.05, 0) is 25.7 Å². The molecule has 0 radical (unpaired) electrons. The third kappa shape index (κ3) is 5.45. The topological polar surface area (TPSA) is 102 Å². The molecule has 0 aromatic rings. The molecule has 1 rings (SSSR count). The fourth-order valence-electron chi connectivity index (χ4n) is 2.73. The van der Waals surface area contributed by atoms with Gasteiger partial charge in [-0.2, -0.15) is 4.31 Å². The van der Waals surface area contributed by atoms with Gasteiger partial charge in [0.2, 0.25) is 0 Å². The first-order valence-corrected chi connectivity index (χ1v) is 11.8. The maximum atomic E-state index is 12.1. The number of halogens is 4. The van der Waals surface area contributed by atoms with Crippen molar-refractivity contribution in [3.63, 3.8) is 0 Å². The standard InChI is InChI=1S/C10H18Cl4O7P2/c11-5-1-9(2-6-12)10(3-7-13,4-8-14)20-23(17,18)21-22(15,16)19-9/h1-8H2,(H,15,16)(H,17,18). The molecule has 0 spiro atoms. The molecule has 1 aliphatic rings. The molecule has 1 heterocycles. The Hall–Kier alpha value is 1.42. The Morgan fingerprint density at radius 3 is 1.17 bits per heavy atom. The van der Waals surface area contributed by atoms with Gasteiger partial charge in [0, 0.05) is 23.5 Å². The fraction of sp³-hybridized carbons (Fsp3) is 1.00. The summed E-state index contributed by atoms with van der Waals surface area (Å²) in [6, 6.07) is 0. The maximum Gasteiger partial charge on any atom is 0.481 e. The molecule has 0 bridgehead atoms. The molecule has 138 valence electrons. The highest BCUT2D eigenvalue weighted by atomic mass is 35.5. The SMILES string of the molecule is O=P1(O)OC(CCCl)(CCCl)C(CCCl)(CCCl)OP(=O)(O)O1. The van der Waals surface area contributed by atoms with Crippen molar-refractivity contribution in [2.75, 3.05) is 23.5 Å². The summed E-state index contributed by atoms with van der Waals surface area (Å²) in [7, 11) is -9.80. The van der Waals surface area contributed by atoms with Crippen molar-refractivity contribution in [1.82, 2.24) is 0 Å². The van der Waals surface area contributed by atoms with Gasteiger partial charge in [-0.1, -0.05) is 0 Å². The molecule has 2 atom stereocenters. The minimum Gasteiger partial charge on any atom is -0.302 e. The molecule has 0 aromatic carbocycles. The Labute approximate surface area is 154 Å². The van der Waals surface area contributed by atoms with Gasteiger partial charge in [0.1, 0.15) is 11.2 Å². The zero-order chi connectivity index (χ0) is 17.8. The second-order valence-corrected chi connectivity index (χ2v) is 9.35. The van der Waals surface area contributed by atoms with Crippen molar-refractivity contribution in [3.05, 3.63) is 0 Å². The van der Waals surface area contributed by atoms with E-state index in [9.17, 15) is 18.9 Å². The number of hydrogen-bond acceptors (Lipinski definition) is 5. The molecule has 23 heavy (non-hydrogen) atoms. The number of alkyl halides is 4. The summed E-state index contributed by atoms with van der Waals surface area (Å²) in [6.45, 7) is 0. The predicted molar refractivity (Wildman–Crippen MR) is 89.7 cm³/mol. The van der Waals surface area contributed by atoms with E-state index >= 15 is 0 Å². The minimum absolute atomic E-state index is 0.0162. The highest BCUT2D eigenvalue weighted by Crippen LogP contribution is 2.70. The third-order valence-corrected chi connectivity index (χ3v) is 7.18. The maximum absolute atomic E-state index is 12.1. The van der Waals surface area contributed by atoms with Gasteiger partial charge >= 0.3 is 15.6 Å². The number of phosphoric acid groups is 2. The van der Waals surface area contributed by atoms with Crippen LogP contribution in [0.15, 0.2) is 0 Å².